The number of amidine groups is 1. The Kier molecular flexibility index (Phi) is 10.4. The number of aliphatic imine (C=N–C) groups is 1. The molecule has 2 amide bonds. The number of nitrogens with zero attached hydrogens (tertiary/aromatic N) is 5. The van der Waals surface area contributed by atoms with Gasteiger partial charge in [-0.15, -0.1) is 0 Å². The molecule has 2 fully saturated rings. The molecule has 3 aliphatic heterocycles. The molecule has 268 valence electrons. The van der Waals surface area contributed by atoms with Crippen molar-refractivity contribution in [2.24, 2.45) is 22.7 Å². The summed E-state index contributed by atoms with van der Waals surface area (Å²) in [6.07, 6.45) is 7.55. The highest BCUT2D eigenvalue weighted by Gasteiger charge is 2.38. The lowest BCUT2D eigenvalue weighted by Gasteiger charge is -2.30. The molecule has 4 aromatic rings. The van der Waals surface area contributed by atoms with Gasteiger partial charge in [0, 0.05) is 24.8 Å². The van der Waals surface area contributed by atoms with Crippen LogP contribution in [0.5, 0.6) is 0 Å². The fourth-order valence-corrected chi connectivity index (χ4v) is 8.18. The second kappa shape index (κ2) is 15.1. The highest BCUT2D eigenvalue weighted by atomic mass is 32.2. The van der Waals surface area contributed by atoms with Gasteiger partial charge in [0.15, 0.2) is 5.17 Å². The van der Waals surface area contributed by atoms with E-state index in [2.05, 4.69) is 96.5 Å². The first kappa shape index (κ1) is 35.0. The van der Waals surface area contributed by atoms with Crippen LogP contribution < -0.4 is 5.32 Å². The lowest BCUT2D eigenvalue weighted by atomic mass is 9.96. The first-order valence-corrected chi connectivity index (χ1v) is 19.5. The Balaban J connectivity index is 1.00. The standard InChI is InChI=1S/C40H50N8O2S/c1-24(2)26(5)38(49)47-19-6-8-33(47)36-42-22-31(44-36)29-14-10-27(11-15-29)28-12-16-30(17-13-28)32-23-43-37(45-32)34-9-7-20-48(34)39(50)35(25(3)4)46-40-41-18-21-51-40/h10-17,22-26,33-35H,6-9,18-21H2,1-5H3,(H,41,46)(H,42,44)(H,43,45)/t26-,33-,34-,35-/m0/s1. The number of H-pyrrole nitrogens is 2. The topological polar surface area (TPSA) is 122 Å². The molecule has 51 heavy (non-hydrogen) atoms. The highest BCUT2D eigenvalue weighted by Crippen LogP contribution is 2.35. The average molecular weight is 707 g/mol. The fourth-order valence-electron chi connectivity index (χ4n) is 7.41. The highest BCUT2D eigenvalue weighted by molar-refractivity contribution is 8.14. The van der Waals surface area contributed by atoms with Crippen LogP contribution in [-0.4, -0.2) is 78.1 Å². The third-order valence-electron chi connectivity index (χ3n) is 10.8. The summed E-state index contributed by atoms with van der Waals surface area (Å²) in [5.74, 6) is 3.47. The summed E-state index contributed by atoms with van der Waals surface area (Å²) in [6, 6.07) is 16.7. The number of likely N-dealkylation sites (tertiary alicyclic amines) is 2. The van der Waals surface area contributed by atoms with Crippen molar-refractivity contribution in [2.45, 2.75) is 78.4 Å². The molecule has 0 bridgehead atoms. The number of aromatic nitrogens is 4. The third kappa shape index (κ3) is 7.36. The summed E-state index contributed by atoms with van der Waals surface area (Å²) in [4.78, 5) is 52.0. The summed E-state index contributed by atoms with van der Waals surface area (Å²) in [5, 5.41) is 4.30. The van der Waals surface area contributed by atoms with Crippen LogP contribution in [-0.2, 0) is 9.59 Å². The van der Waals surface area contributed by atoms with Crippen LogP contribution in [0.1, 0.15) is 84.0 Å². The molecule has 4 atom stereocenters. The van der Waals surface area contributed by atoms with Gasteiger partial charge in [0.25, 0.3) is 0 Å². The fraction of sp³-hybridized carbons (Fsp3) is 0.475. The van der Waals surface area contributed by atoms with E-state index in [9.17, 15) is 9.59 Å². The van der Waals surface area contributed by atoms with Crippen LogP contribution in [0.2, 0.25) is 0 Å². The van der Waals surface area contributed by atoms with Gasteiger partial charge in [0.2, 0.25) is 11.8 Å². The Morgan fingerprint density at radius 1 is 0.725 bits per heavy atom. The van der Waals surface area contributed by atoms with Gasteiger partial charge in [-0.3, -0.25) is 14.6 Å². The SMILES string of the molecule is CC(C)[C@H](C)C(=O)N1CCC[C@H]1c1ncc(-c2ccc(-c3ccc(-c4cnc([C@@H]5CCCN5C(=O)[C@@H](NC5=NCCS5)C(C)C)[nH]4)cc3)cc2)[nH]1. The molecule has 0 aliphatic carbocycles. The smallest absolute Gasteiger partial charge is 0.246 e. The van der Waals surface area contributed by atoms with Gasteiger partial charge >= 0.3 is 0 Å². The molecule has 10 nitrogen and oxygen atoms in total. The summed E-state index contributed by atoms with van der Waals surface area (Å²) < 4.78 is 0. The molecule has 2 aromatic heterocycles. The number of hydrogen-bond donors (Lipinski definition) is 3. The minimum absolute atomic E-state index is 0.000860. The summed E-state index contributed by atoms with van der Waals surface area (Å²) in [6.45, 7) is 12.7. The van der Waals surface area contributed by atoms with Crippen LogP contribution >= 0.6 is 11.8 Å². The zero-order valence-electron chi connectivity index (χ0n) is 30.4. The van der Waals surface area contributed by atoms with E-state index in [1.807, 2.05) is 29.1 Å². The van der Waals surface area contributed by atoms with Crippen molar-refractivity contribution in [1.82, 2.24) is 35.1 Å². The first-order chi connectivity index (χ1) is 24.7. The van der Waals surface area contributed by atoms with E-state index in [0.717, 1.165) is 102 Å². The lowest BCUT2D eigenvalue weighted by molar-refractivity contribution is -0.137. The van der Waals surface area contributed by atoms with E-state index >= 15 is 0 Å². The van der Waals surface area contributed by atoms with E-state index in [4.69, 9.17) is 9.97 Å². The zero-order valence-corrected chi connectivity index (χ0v) is 31.2. The summed E-state index contributed by atoms with van der Waals surface area (Å²) in [7, 11) is 0. The number of hydrogen-bond acceptors (Lipinski definition) is 7. The number of nitrogens with one attached hydrogen (secondary N) is 3. The van der Waals surface area contributed by atoms with E-state index in [1.54, 1.807) is 11.8 Å². The van der Waals surface area contributed by atoms with Gasteiger partial charge in [-0.2, -0.15) is 0 Å². The molecule has 3 N–H and O–H groups in total. The maximum absolute atomic E-state index is 13.8. The molecule has 3 aliphatic rings. The molecule has 7 rings (SSSR count). The number of imidazole rings is 2. The van der Waals surface area contributed by atoms with Gasteiger partial charge < -0.3 is 25.1 Å². The van der Waals surface area contributed by atoms with Crippen LogP contribution in [0.25, 0.3) is 33.6 Å². The quantitative estimate of drug-likeness (QED) is 0.157. The maximum atomic E-state index is 13.8. The molecule has 0 unspecified atom stereocenters. The minimum atomic E-state index is -0.304. The van der Waals surface area contributed by atoms with Gasteiger partial charge in [0.1, 0.15) is 17.7 Å². The molecular weight excluding hydrogens is 657 g/mol. The second-order valence-corrected chi connectivity index (χ2v) is 15.9. The molecule has 0 spiro atoms. The van der Waals surface area contributed by atoms with Gasteiger partial charge in [0.05, 0.1) is 42.4 Å². The molecule has 2 saturated heterocycles. The predicted molar refractivity (Wildman–Crippen MR) is 205 cm³/mol. The molecule has 2 aromatic carbocycles. The van der Waals surface area contributed by atoms with E-state index in [0.29, 0.717) is 5.92 Å². The molecule has 0 saturated carbocycles. The Hall–Kier alpha value is -4.38. The number of aromatic amines is 2. The Labute approximate surface area is 305 Å². The van der Waals surface area contributed by atoms with Crippen molar-refractivity contribution in [2.75, 3.05) is 25.4 Å². The number of benzene rings is 2. The van der Waals surface area contributed by atoms with E-state index in [-0.39, 0.29) is 41.8 Å². The minimum Gasteiger partial charge on any atom is -0.353 e. The van der Waals surface area contributed by atoms with Crippen molar-refractivity contribution in [3.63, 3.8) is 0 Å². The number of carbonyl (C=O) groups excluding carboxylic acids is 2. The molecule has 5 heterocycles. The van der Waals surface area contributed by atoms with Crippen LogP contribution in [0.15, 0.2) is 65.9 Å². The largest absolute Gasteiger partial charge is 0.353 e. The molecule has 0 radical (unpaired) electrons. The van der Waals surface area contributed by atoms with Crippen molar-refractivity contribution >= 4 is 28.7 Å². The lowest BCUT2D eigenvalue weighted by Crippen LogP contribution is -2.50. The van der Waals surface area contributed by atoms with Crippen molar-refractivity contribution in [3.8, 4) is 33.6 Å². The Morgan fingerprint density at radius 3 is 1.67 bits per heavy atom. The second-order valence-electron chi connectivity index (χ2n) is 14.8. The van der Waals surface area contributed by atoms with Gasteiger partial charge in [-0.1, -0.05) is 94.9 Å². The van der Waals surface area contributed by atoms with Crippen LogP contribution in [0.4, 0.5) is 0 Å². The van der Waals surface area contributed by atoms with Gasteiger partial charge in [-0.05, 0) is 59.8 Å². The van der Waals surface area contributed by atoms with Crippen LogP contribution in [0.3, 0.4) is 0 Å². The number of amides is 2. The number of thioether (sulfide) groups is 1. The maximum Gasteiger partial charge on any atom is 0.246 e. The van der Waals surface area contributed by atoms with Crippen molar-refractivity contribution in [1.29, 1.82) is 0 Å². The zero-order chi connectivity index (χ0) is 35.6. The Morgan fingerprint density at radius 2 is 1.22 bits per heavy atom. The molecular formula is C40H50N8O2S. The van der Waals surface area contributed by atoms with Crippen molar-refractivity contribution < 1.29 is 9.59 Å². The normalized spacial score (nSPS) is 20.3. The summed E-state index contributed by atoms with van der Waals surface area (Å²) >= 11 is 1.69. The van der Waals surface area contributed by atoms with Crippen molar-refractivity contribution in [3.05, 3.63) is 72.6 Å². The first-order valence-electron chi connectivity index (χ1n) is 18.5. The van der Waals surface area contributed by atoms with Gasteiger partial charge in [-0.25, -0.2) is 9.97 Å². The predicted octanol–water partition coefficient (Wildman–Crippen LogP) is 7.47. The number of rotatable bonds is 10. The van der Waals surface area contributed by atoms with Crippen LogP contribution in [0, 0.1) is 17.8 Å². The third-order valence-corrected chi connectivity index (χ3v) is 11.7. The Bertz CT molecular complexity index is 1860. The number of carbonyl (C=O) groups is 2. The molecule has 11 heteroatoms. The summed E-state index contributed by atoms with van der Waals surface area (Å²) in [5.41, 5.74) is 6.26. The monoisotopic (exact) mass is 706 g/mol. The van der Waals surface area contributed by atoms with E-state index in [1.165, 1.54) is 0 Å². The average Bonchev–Trinajstić information content (AvgIpc) is 3.99. The van der Waals surface area contributed by atoms with E-state index < -0.39 is 0 Å².